The maximum atomic E-state index is 13.3. The van der Waals surface area contributed by atoms with Crippen LogP contribution in [0.25, 0.3) is 0 Å². The molecule has 0 aliphatic heterocycles. The average Bonchev–Trinajstić information content (AvgIpc) is 2.19. The molecule has 4 nitrogen and oxygen atoms in total. The number of nitrogens with one attached hydrogen (secondary N) is 1. The first-order chi connectivity index (χ1) is 8.19. The van der Waals surface area contributed by atoms with E-state index in [0.29, 0.717) is 6.07 Å². The number of hydrogen-bond acceptors (Lipinski definition) is 3. The van der Waals surface area contributed by atoms with Gasteiger partial charge >= 0.3 is 6.09 Å². The summed E-state index contributed by atoms with van der Waals surface area (Å²) in [5.41, 5.74) is 4.61. The highest BCUT2D eigenvalue weighted by atomic mass is 19.1. The quantitative estimate of drug-likeness (QED) is 0.801. The number of nitrogens with two attached hydrogens (primary N) is 1. The van der Waals surface area contributed by atoms with Crippen molar-refractivity contribution in [3.63, 3.8) is 0 Å². The first-order valence-electron chi connectivity index (χ1n) is 5.39. The smallest absolute Gasteiger partial charge is 0.407 e. The van der Waals surface area contributed by atoms with Crippen LogP contribution in [0, 0.1) is 11.6 Å². The van der Waals surface area contributed by atoms with Crippen molar-refractivity contribution in [2.75, 3.05) is 5.73 Å². The highest BCUT2D eigenvalue weighted by Gasteiger charge is 2.16. The molecule has 0 atom stereocenters. The van der Waals surface area contributed by atoms with Gasteiger partial charge in [0.1, 0.15) is 17.2 Å². The van der Waals surface area contributed by atoms with Gasteiger partial charge in [-0.1, -0.05) is 0 Å². The molecular formula is C12H16F2N2O2. The van der Waals surface area contributed by atoms with E-state index in [2.05, 4.69) is 5.32 Å². The van der Waals surface area contributed by atoms with Crippen molar-refractivity contribution >= 4 is 11.8 Å². The van der Waals surface area contributed by atoms with Crippen LogP contribution in [0.3, 0.4) is 0 Å². The van der Waals surface area contributed by atoms with Gasteiger partial charge in [-0.25, -0.2) is 13.6 Å². The molecule has 0 bridgehead atoms. The SMILES string of the molecule is CC(C)(C)OC(=O)NCc1cc(N)c(F)cc1F. The summed E-state index contributed by atoms with van der Waals surface area (Å²) in [6, 6.07) is 1.82. The van der Waals surface area contributed by atoms with Crippen LogP contribution in [0.1, 0.15) is 26.3 Å². The van der Waals surface area contributed by atoms with E-state index in [9.17, 15) is 13.6 Å². The lowest BCUT2D eigenvalue weighted by molar-refractivity contribution is 0.0523. The van der Waals surface area contributed by atoms with Crippen molar-refractivity contribution in [1.29, 1.82) is 0 Å². The van der Waals surface area contributed by atoms with Gasteiger partial charge in [0, 0.05) is 18.2 Å². The summed E-state index contributed by atoms with van der Waals surface area (Å²) in [4.78, 5) is 11.3. The van der Waals surface area contributed by atoms with E-state index in [0.717, 1.165) is 6.07 Å². The zero-order valence-electron chi connectivity index (χ0n) is 10.5. The van der Waals surface area contributed by atoms with Crippen molar-refractivity contribution in [3.8, 4) is 0 Å². The Labute approximate surface area is 104 Å². The highest BCUT2D eigenvalue weighted by Crippen LogP contribution is 2.16. The van der Waals surface area contributed by atoms with Crippen LogP contribution in [-0.2, 0) is 11.3 Å². The van der Waals surface area contributed by atoms with Crippen molar-refractivity contribution in [2.24, 2.45) is 0 Å². The van der Waals surface area contributed by atoms with Crippen LogP contribution < -0.4 is 11.1 Å². The molecule has 100 valence electrons. The topological polar surface area (TPSA) is 64.3 Å². The molecule has 1 aromatic carbocycles. The minimum absolute atomic E-state index is 0.0970. The number of hydrogen-bond donors (Lipinski definition) is 2. The number of carbonyl (C=O) groups excluding carboxylic acids is 1. The molecule has 1 rings (SSSR count). The van der Waals surface area contributed by atoms with Gasteiger partial charge in [0.25, 0.3) is 0 Å². The number of carbonyl (C=O) groups is 1. The minimum Gasteiger partial charge on any atom is -0.444 e. The number of ether oxygens (including phenoxy) is 1. The lowest BCUT2D eigenvalue weighted by Crippen LogP contribution is -2.32. The van der Waals surface area contributed by atoms with E-state index in [-0.39, 0.29) is 17.8 Å². The Hall–Kier alpha value is -1.85. The maximum Gasteiger partial charge on any atom is 0.407 e. The third kappa shape index (κ3) is 4.20. The Balaban J connectivity index is 2.64. The molecule has 1 amide bonds. The monoisotopic (exact) mass is 258 g/mol. The summed E-state index contributed by atoms with van der Waals surface area (Å²) in [6.45, 7) is 5.01. The van der Waals surface area contributed by atoms with E-state index in [1.807, 2.05) is 0 Å². The van der Waals surface area contributed by atoms with Gasteiger partial charge in [-0.2, -0.15) is 0 Å². The lowest BCUT2D eigenvalue weighted by Gasteiger charge is -2.19. The fraction of sp³-hybridized carbons (Fsp3) is 0.417. The maximum absolute atomic E-state index is 13.3. The average molecular weight is 258 g/mol. The third-order valence-corrected chi connectivity index (χ3v) is 1.99. The van der Waals surface area contributed by atoms with E-state index in [4.69, 9.17) is 10.5 Å². The number of amides is 1. The van der Waals surface area contributed by atoms with Crippen LogP contribution in [0.15, 0.2) is 12.1 Å². The van der Waals surface area contributed by atoms with Crippen molar-refractivity contribution in [3.05, 3.63) is 29.3 Å². The van der Waals surface area contributed by atoms with Gasteiger partial charge in [0.2, 0.25) is 0 Å². The molecule has 0 unspecified atom stereocenters. The molecule has 0 aromatic heterocycles. The first-order valence-corrected chi connectivity index (χ1v) is 5.39. The predicted octanol–water partition coefficient (Wildman–Crippen LogP) is 2.57. The number of halogens is 2. The van der Waals surface area contributed by atoms with Gasteiger partial charge < -0.3 is 15.8 Å². The Morgan fingerprint density at radius 3 is 2.50 bits per heavy atom. The second-order valence-corrected chi connectivity index (χ2v) is 4.82. The molecule has 0 heterocycles. The van der Waals surface area contributed by atoms with Gasteiger partial charge in [0.15, 0.2) is 0 Å². The molecule has 0 saturated carbocycles. The fourth-order valence-corrected chi connectivity index (χ4v) is 1.23. The van der Waals surface area contributed by atoms with Crippen LogP contribution >= 0.6 is 0 Å². The molecule has 0 fully saturated rings. The summed E-state index contributed by atoms with van der Waals surface area (Å²) < 4.78 is 31.2. The fourth-order valence-electron chi connectivity index (χ4n) is 1.23. The number of benzene rings is 1. The molecule has 0 aliphatic carbocycles. The normalized spacial score (nSPS) is 11.2. The molecule has 6 heteroatoms. The number of nitrogen functional groups attached to an aromatic ring is 1. The summed E-state index contributed by atoms with van der Waals surface area (Å²) in [6.07, 6.45) is -0.676. The molecule has 1 aromatic rings. The van der Waals surface area contributed by atoms with Crippen LogP contribution in [-0.4, -0.2) is 11.7 Å². The van der Waals surface area contributed by atoms with Crippen LogP contribution in [0.2, 0.25) is 0 Å². The molecule has 3 N–H and O–H groups in total. The Morgan fingerprint density at radius 1 is 1.33 bits per heavy atom. The second-order valence-electron chi connectivity index (χ2n) is 4.82. The van der Waals surface area contributed by atoms with E-state index in [1.165, 1.54) is 0 Å². The molecule has 18 heavy (non-hydrogen) atoms. The van der Waals surface area contributed by atoms with Gasteiger partial charge in [-0.05, 0) is 26.8 Å². The lowest BCUT2D eigenvalue weighted by atomic mass is 10.2. The standard InChI is InChI=1S/C12H16F2N2O2/c1-12(2,3)18-11(17)16-6-7-4-10(15)9(14)5-8(7)13/h4-5H,6,15H2,1-3H3,(H,16,17). The number of anilines is 1. The second kappa shape index (κ2) is 5.20. The Bertz CT molecular complexity index is 456. The van der Waals surface area contributed by atoms with Gasteiger partial charge in [-0.15, -0.1) is 0 Å². The van der Waals surface area contributed by atoms with E-state index < -0.39 is 23.3 Å². The van der Waals surface area contributed by atoms with Crippen molar-refractivity contribution in [1.82, 2.24) is 5.32 Å². The number of alkyl carbamates (subject to hydrolysis) is 1. The zero-order chi connectivity index (χ0) is 13.9. The highest BCUT2D eigenvalue weighted by molar-refractivity contribution is 5.67. The molecule has 0 spiro atoms. The van der Waals surface area contributed by atoms with Gasteiger partial charge in [-0.3, -0.25) is 0 Å². The predicted molar refractivity (Wildman–Crippen MR) is 63.8 cm³/mol. The van der Waals surface area contributed by atoms with E-state index in [1.54, 1.807) is 20.8 Å². The van der Waals surface area contributed by atoms with Crippen LogP contribution in [0.5, 0.6) is 0 Å². The summed E-state index contributed by atoms with van der Waals surface area (Å²) in [5, 5.41) is 2.36. The van der Waals surface area contributed by atoms with Gasteiger partial charge in [0.05, 0.1) is 5.69 Å². The Morgan fingerprint density at radius 2 is 1.94 bits per heavy atom. The summed E-state index contributed by atoms with van der Waals surface area (Å²) >= 11 is 0. The zero-order valence-corrected chi connectivity index (χ0v) is 10.5. The molecule has 0 saturated heterocycles. The summed E-state index contributed by atoms with van der Waals surface area (Å²) in [5.74, 6) is -1.59. The largest absolute Gasteiger partial charge is 0.444 e. The number of rotatable bonds is 2. The molecule has 0 aliphatic rings. The molecular weight excluding hydrogens is 242 g/mol. The van der Waals surface area contributed by atoms with Crippen molar-refractivity contribution in [2.45, 2.75) is 32.9 Å². The van der Waals surface area contributed by atoms with E-state index >= 15 is 0 Å². The summed E-state index contributed by atoms with van der Waals surface area (Å²) in [7, 11) is 0. The van der Waals surface area contributed by atoms with Crippen molar-refractivity contribution < 1.29 is 18.3 Å². The minimum atomic E-state index is -0.825. The third-order valence-electron chi connectivity index (χ3n) is 1.99. The first kappa shape index (κ1) is 14.2. The van der Waals surface area contributed by atoms with Crippen LogP contribution in [0.4, 0.5) is 19.3 Å². The molecule has 0 radical (unpaired) electrons. The Kier molecular flexibility index (Phi) is 4.11.